The SMILES string of the molecule is c1ccc(-c2cccc(-c3nc(-c4cc5c6ccccc6oc5c5c4sc4ccccc45)nc(-c4cccc5oc6ccccc6c45)n3)c2)cc1. The van der Waals surface area contributed by atoms with Gasteiger partial charge in [0.2, 0.25) is 0 Å². The lowest BCUT2D eigenvalue weighted by Crippen LogP contribution is -2.01. The molecule has 0 radical (unpaired) electrons. The Kier molecular flexibility index (Phi) is 6.05. The summed E-state index contributed by atoms with van der Waals surface area (Å²) in [6, 6.07) is 52.0. The van der Waals surface area contributed by atoms with E-state index in [2.05, 4.69) is 103 Å². The molecule has 0 N–H and O–H groups in total. The monoisotopic (exact) mass is 671 g/mol. The van der Waals surface area contributed by atoms with Gasteiger partial charge in [-0.2, -0.15) is 0 Å². The van der Waals surface area contributed by atoms with Gasteiger partial charge in [-0.25, -0.2) is 15.0 Å². The fourth-order valence-electron chi connectivity index (χ4n) is 7.41. The summed E-state index contributed by atoms with van der Waals surface area (Å²) in [7, 11) is 0. The molecular weight excluding hydrogens is 647 g/mol. The lowest BCUT2D eigenvalue weighted by atomic mass is 10.0. The van der Waals surface area contributed by atoms with Crippen molar-refractivity contribution in [2.75, 3.05) is 0 Å². The van der Waals surface area contributed by atoms with Crippen LogP contribution < -0.4 is 0 Å². The van der Waals surface area contributed by atoms with Gasteiger partial charge in [-0.3, -0.25) is 0 Å². The van der Waals surface area contributed by atoms with Crippen LogP contribution in [0.1, 0.15) is 0 Å². The van der Waals surface area contributed by atoms with Gasteiger partial charge in [-0.15, -0.1) is 11.3 Å². The second kappa shape index (κ2) is 10.9. The minimum atomic E-state index is 0.587. The van der Waals surface area contributed by atoms with Crippen molar-refractivity contribution in [1.82, 2.24) is 15.0 Å². The average molecular weight is 672 g/mol. The maximum Gasteiger partial charge on any atom is 0.165 e. The third-order valence-corrected chi connectivity index (χ3v) is 10.9. The van der Waals surface area contributed by atoms with Gasteiger partial charge in [-0.05, 0) is 47.5 Å². The molecule has 51 heavy (non-hydrogen) atoms. The minimum absolute atomic E-state index is 0.587. The fourth-order valence-corrected chi connectivity index (χ4v) is 8.62. The van der Waals surface area contributed by atoms with Gasteiger partial charge in [0.1, 0.15) is 22.3 Å². The molecule has 238 valence electrons. The van der Waals surface area contributed by atoms with E-state index in [0.29, 0.717) is 17.5 Å². The van der Waals surface area contributed by atoms with Gasteiger partial charge in [0.15, 0.2) is 17.5 Å². The van der Waals surface area contributed by atoms with E-state index in [1.165, 1.54) is 4.70 Å². The number of para-hydroxylation sites is 2. The molecule has 0 bridgehead atoms. The summed E-state index contributed by atoms with van der Waals surface area (Å²) >= 11 is 1.74. The van der Waals surface area contributed by atoms with Crippen molar-refractivity contribution in [1.29, 1.82) is 0 Å². The molecular formula is C45H25N3O2S. The van der Waals surface area contributed by atoms with Gasteiger partial charge in [0, 0.05) is 53.7 Å². The summed E-state index contributed by atoms with van der Waals surface area (Å²) in [6.07, 6.45) is 0. The predicted molar refractivity (Wildman–Crippen MR) is 209 cm³/mol. The molecule has 6 heteroatoms. The number of nitrogens with zero attached hydrogens (tertiary/aromatic N) is 3. The van der Waals surface area contributed by atoms with Gasteiger partial charge >= 0.3 is 0 Å². The summed E-state index contributed by atoms with van der Waals surface area (Å²) in [4.78, 5) is 15.8. The zero-order valence-electron chi connectivity index (χ0n) is 27.0. The van der Waals surface area contributed by atoms with Crippen molar-refractivity contribution < 1.29 is 8.83 Å². The summed E-state index contributed by atoms with van der Waals surface area (Å²) in [5.74, 6) is 1.79. The Morgan fingerprint density at radius 3 is 1.88 bits per heavy atom. The van der Waals surface area contributed by atoms with Crippen LogP contribution in [0.5, 0.6) is 0 Å². The van der Waals surface area contributed by atoms with Crippen molar-refractivity contribution in [3.8, 4) is 45.3 Å². The Balaban J connectivity index is 1.24. The molecule has 0 amide bonds. The highest BCUT2D eigenvalue weighted by atomic mass is 32.1. The van der Waals surface area contributed by atoms with Crippen LogP contribution >= 0.6 is 11.3 Å². The van der Waals surface area contributed by atoms with Gasteiger partial charge in [0.05, 0.1) is 4.70 Å². The van der Waals surface area contributed by atoms with Crippen molar-refractivity contribution in [3.63, 3.8) is 0 Å². The maximum atomic E-state index is 6.59. The molecule has 0 atom stereocenters. The van der Waals surface area contributed by atoms with E-state index in [0.717, 1.165) is 87.2 Å². The topological polar surface area (TPSA) is 65.0 Å². The van der Waals surface area contributed by atoms with E-state index in [1.807, 2.05) is 48.5 Å². The highest BCUT2D eigenvalue weighted by molar-refractivity contribution is 7.26. The van der Waals surface area contributed by atoms with Crippen LogP contribution in [0.2, 0.25) is 0 Å². The van der Waals surface area contributed by atoms with Crippen LogP contribution in [0.3, 0.4) is 0 Å². The number of thiophene rings is 1. The Hall–Kier alpha value is -6.63. The molecule has 0 unspecified atom stereocenters. The molecule has 0 saturated heterocycles. The summed E-state index contributed by atoms with van der Waals surface area (Å²) in [5.41, 5.74) is 8.33. The van der Waals surface area contributed by atoms with Crippen molar-refractivity contribution in [2.45, 2.75) is 0 Å². The standard InChI is InChI=1S/C45H25N3O2S/c1-2-12-26(13-3-1)27-14-10-15-28(24-27)43-46-44(32-19-11-22-37-39(32)30-17-5-8-21-36(30)49-37)48-45(47-43)34-25-33-29-16-4-7-20-35(29)50-41(33)40-31-18-6-9-23-38(31)51-42(34)40/h1-25H. The van der Waals surface area contributed by atoms with E-state index in [9.17, 15) is 0 Å². The average Bonchev–Trinajstić information content (AvgIpc) is 3.89. The largest absolute Gasteiger partial charge is 0.456 e. The Labute approximate surface area is 295 Å². The molecule has 0 aliphatic rings. The lowest BCUT2D eigenvalue weighted by Gasteiger charge is -2.11. The van der Waals surface area contributed by atoms with Crippen molar-refractivity contribution in [3.05, 3.63) is 152 Å². The normalized spacial score (nSPS) is 11.9. The highest BCUT2D eigenvalue weighted by Gasteiger charge is 2.23. The Bertz CT molecular complexity index is 3160. The van der Waals surface area contributed by atoms with Gasteiger partial charge in [-0.1, -0.05) is 115 Å². The van der Waals surface area contributed by atoms with E-state index in [-0.39, 0.29) is 0 Å². The first-order chi connectivity index (χ1) is 25.3. The number of fused-ring (bicyclic) bond motifs is 10. The predicted octanol–water partition coefficient (Wildman–Crippen LogP) is 12.7. The molecule has 4 aromatic heterocycles. The molecule has 0 aliphatic carbocycles. The quantitative estimate of drug-likeness (QED) is 0.186. The van der Waals surface area contributed by atoms with Crippen molar-refractivity contribution in [2.24, 2.45) is 0 Å². The molecule has 0 aliphatic heterocycles. The fraction of sp³-hybridized carbons (Fsp3) is 0. The lowest BCUT2D eigenvalue weighted by molar-refractivity contribution is 0.669. The van der Waals surface area contributed by atoms with E-state index < -0.39 is 0 Å². The number of rotatable bonds is 4. The molecule has 0 fully saturated rings. The highest BCUT2D eigenvalue weighted by Crippen LogP contribution is 2.46. The van der Waals surface area contributed by atoms with E-state index in [1.54, 1.807) is 11.3 Å². The van der Waals surface area contributed by atoms with Gasteiger partial charge in [0.25, 0.3) is 0 Å². The van der Waals surface area contributed by atoms with Crippen LogP contribution in [-0.4, -0.2) is 15.0 Å². The van der Waals surface area contributed by atoms with Crippen LogP contribution in [0.15, 0.2) is 160 Å². The Morgan fingerprint density at radius 1 is 0.392 bits per heavy atom. The molecule has 11 rings (SSSR count). The maximum absolute atomic E-state index is 6.59. The molecule has 0 saturated carbocycles. The number of aromatic nitrogens is 3. The van der Waals surface area contributed by atoms with Crippen LogP contribution in [-0.2, 0) is 0 Å². The van der Waals surface area contributed by atoms with E-state index in [4.69, 9.17) is 23.8 Å². The number of hydrogen-bond donors (Lipinski definition) is 0. The number of hydrogen-bond acceptors (Lipinski definition) is 6. The molecule has 11 aromatic rings. The van der Waals surface area contributed by atoms with Crippen LogP contribution in [0, 0.1) is 0 Å². The zero-order valence-corrected chi connectivity index (χ0v) is 27.8. The van der Waals surface area contributed by atoms with E-state index >= 15 is 0 Å². The third-order valence-electron chi connectivity index (χ3n) is 9.74. The Morgan fingerprint density at radius 2 is 1.02 bits per heavy atom. The molecule has 4 heterocycles. The molecule has 5 nitrogen and oxygen atoms in total. The smallest absolute Gasteiger partial charge is 0.165 e. The van der Waals surface area contributed by atoms with Gasteiger partial charge < -0.3 is 8.83 Å². The summed E-state index contributed by atoms with van der Waals surface area (Å²) < 4.78 is 15.1. The molecule has 0 spiro atoms. The first-order valence-corrected chi connectivity index (χ1v) is 17.7. The summed E-state index contributed by atoms with van der Waals surface area (Å²) in [6.45, 7) is 0. The van der Waals surface area contributed by atoms with Crippen LogP contribution in [0.25, 0.3) is 109 Å². The van der Waals surface area contributed by atoms with Crippen LogP contribution in [0.4, 0.5) is 0 Å². The zero-order chi connectivity index (χ0) is 33.5. The molecule has 7 aromatic carbocycles. The second-order valence-electron chi connectivity index (χ2n) is 12.7. The summed E-state index contributed by atoms with van der Waals surface area (Å²) in [5, 5.41) is 6.34. The first kappa shape index (κ1) is 28.2. The minimum Gasteiger partial charge on any atom is -0.456 e. The second-order valence-corrected chi connectivity index (χ2v) is 13.8. The first-order valence-electron chi connectivity index (χ1n) is 16.9. The third kappa shape index (κ3) is 4.37. The number of furan rings is 2. The van der Waals surface area contributed by atoms with Crippen molar-refractivity contribution >= 4 is 75.4 Å². The number of benzene rings is 7.